The van der Waals surface area contributed by atoms with Crippen molar-refractivity contribution in [3.8, 4) is 0 Å². The Bertz CT molecular complexity index is 659. The van der Waals surface area contributed by atoms with Crippen molar-refractivity contribution in [2.24, 2.45) is 7.05 Å². The van der Waals surface area contributed by atoms with E-state index < -0.39 is 0 Å². The highest BCUT2D eigenvalue weighted by atomic mass is 32.1. The summed E-state index contributed by atoms with van der Waals surface area (Å²) < 4.78 is 1.44. The van der Waals surface area contributed by atoms with Crippen molar-refractivity contribution in [1.29, 1.82) is 0 Å². The number of nitrogens with zero attached hydrogens (tertiary/aromatic N) is 2. The summed E-state index contributed by atoms with van der Waals surface area (Å²) in [7, 11) is 1.66. The van der Waals surface area contributed by atoms with Gasteiger partial charge in [-0.15, -0.1) is 17.9 Å². The molecule has 0 saturated carbocycles. The normalized spacial score (nSPS) is 10.2. The van der Waals surface area contributed by atoms with Crippen LogP contribution in [0.2, 0.25) is 0 Å². The van der Waals surface area contributed by atoms with E-state index in [4.69, 9.17) is 0 Å². The van der Waals surface area contributed by atoms with Crippen LogP contribution >= 0.6 is 11.3 Å². The van der Waals surface area contributed by atoms with Gasteiger partial charge in [0, 0.05) is 36.3 Å². The molecule has 0 radical (unpaired) electrons. The third-order valence-corrected chi connectivity index (χ3v) is 3.78. The van der Waals surface area contributed by atoms with E-state index >= 15 is 0 Å². The summed E-state index contributed by atoms with van der Waals surface area (Å²) in [6.07, 6.45) is 3.29. The smallest absolute Gasteiger partial charge is 0.254 e. The topological polar surface area (TPSA) is 42.3 Å². The molecular formula is C15H16N2O2S. The zero-order chi connectivity index (χ0) is 14.5. The summed E-state index contributed by atoms with van der Waals surface area (Å²) in [6, 6.07) is 6.97. The van der Waals surface area contributed by atoms with E-state index in [0.29, 0.717) is 18.7 Å². The van der Waals surface area contributed by atoms with E-state index in [1.54, 1.807) is 41.6 Å². The number of aryl methyl sites for hydroxylation is 1. The molecule has 2 heterocycles. The van der Waals surface area contributed by atoms with Crippen molar-refractivity contribution >= 4 is 17.2 Å². The van der Waals surface area contributed by atoms with Crippen LogP contribution in [0.1, 0.15) is 15.2 Å². The Kier molecular flexibility index (Phi) is 4.53. The maximum atomic E-state index is 12.5. The molecule has 104 valence electrons. The second kappa shape index (κ2) is 6.34. The van der Waals surface area contributed by atoms with E-state index in [-0.39, 0.29) is 11.5 Å². The van der Waals surface area contributed by atoms with Gasteiger partial charge in [-0.2, -0.15) is 0 Å². The van der Waals surface area contributed by atoms with Gasteiger partial charge < -0.3 is 9.47 Å². The summed E-state index contributed by atoms with van der Waals surface area (Å²) in [5.74, 6) is -0.156. The van der Waals surface area contributed by atoms with Gasteiger partial charge >= 0.3 is 0 Å². The van der Waals surface area contributed by atoms with Gasteiger partial charge in [-0.1, -0.05) is 12.1 Å². The number of carbonyl (C=O) groups excluding carboxylic acids is 1. The van der Waals surface area contributed by atoms with Crippen LogP contribution in [-0.4, -0.2) is 21.9 Å². The SMILES string of the molecule is C=CCN(Cc1cccs1)C(=O)c1ccn(C)c(=O)c1. The minimum absolute atomic E-state index is 0.156. The first-order valence-corrected chi connectivity index (χ1v) is 7.09. The zero-order valence-electron chi connectivity index (χ0n) is 11.3. The Morgan fingerprint density at radius 3 is 2.90 bits per heavy atom. The predicted octanol–water partition coefficient (Wildman–Crippen LogP) is 2.28. The Morgan fingerprint density at radius 2 is 2.30 bits per heavy atom. The van der Waals surface area contributed by atoms with Crippen molar-refractivity contribution in [3.63, 3.8) is 0 Å². The first kappa shape index (κ1) is 14.3. The van der Waals surface area contributed by atoms with Crippen LogP contribution in [0.4, 0.5) is 0 Å². The Balaban J connectivity index is 2.23. The van der Waals surface area contributed by atoms with Gasteiger partial charge in [0.15, 0.2) is 0 Å². The molecule has 2 rings (SSSR count). The fourth-order valence-electron chi connectivity index (χ4n) is 1.83. The molecular weight excluding hydrogens is 272 g/mol. The lowest BCUT2D eigenvalue weighted by Crippen LogP contribution is -2.31. The molecule has 0 N–H and O–H groups in total. The summed E-state index contributed by atoms with van der Waals surface area (Å²) in [6.45, 7) is 4.66. The molecule has 0 aliphatic carbocycles. The number of hydrogen-bond acceptors (Lipinski definition) is 3. The molecule has 0 saturated heterocycles. The fraction of sp³-hybridized carbons (Fsp3) is 0.200. The molecule has 0 unspecified atom stereocenters. The number of pyridine rings is 1. The lowest BCUT2D eigenvalue weighted by molar-refractivity contribution is 0.0764. The van der Waals surface area contributed by atoms with Gasteiger partial charge in [0.05, 0.1) is 6.54 Å². The second-order valence-electron chi connectivity index (χ2n) is 4.42. The van der Waals surface area contributed by atoms with Crippen LogP contribution in [0.15, 0.2) is 53.3 Å². The largest absolute Gasteiger partial charge is 0.330 e. The number of aromatic nitrogens is 1. The standard InChI is InChI=1S/C15H16N2O2S/c1-3-7-17(11-13-5-4-9-20-13)15(19)12-6-8-16(2)14(18)10-12/h3-6,8-10H,1,7,11H2,2H3. The van der Waals surface area contributed by atoms with Crippen molar-refractivity contribution in [1.82, 2.24) is 9.47 Å². The minimum Gasteiger partial charge on any atom is -0.330 e. The van der Waals surface area contributed by atoms with Crippen molar-refractivity contribution < 1.29 is 4.79 Å². The van der Waals surface area contributed by atoms with E-state index in [1.165, 1.54) is 10.6 Å². The molecule has 0 atom stereocenters. The van der Waals surface area contributed by atoms with Gasteiger partial charge in [-0.25, -0.2) is 0 Å². The van der Waals surface area contributed by atoms with Crippen LogP contribution in [0.3, 0.4) is 0 Å². The third-order valence-electron chi connectivity index (χ3n) is 2.91. The average Bonchev–Trinajstić information content (AvgIpc) is 2.93. The van der Waals surface area contributed by atoms with Gasteiger partial charge in [0.1, 0.15) is 0 Å². The molecule has 0 aliphatic heterocycles. The molecule has 2 aromatic rings. The lowest BCUT2D eigenvalue weighted by atomic mass is 10.2. The molecule has 5 heteroatoms. The van der Waals surface area contributed by atoms with E-state index in [1.807, 2.05) is 17.5 Å². The molecule has 0 spiro atoms. The molecule has 2 aromatic heterocycles. The van der Waals surface area contributed by atoms with Crippen LogP contribution < -0.4 is 5.56 Å². The molecule has 0 bridgehead atoms. The highest BCUT2D eigenvalue weighted by Gasteiger charge is 2.16. The highest BCUT2D eigenvalue weighted by molar-refractivity contribution is 7.09. The molecule has 1 amide bonds. The lowest BCUT2D eigenvalue weighted by Gasteiger charge is -2.20. The third kappa shape index (κ3) is 3.24. The Labute approximate surface area is 121 Å². The second-order valence-corrected chi connectivity index (χ2v) is 5.45. The average molecular weight is 288 g/mol. The molecule has 0 fully saturated rings. The van der Waals surface area contributed by atoms with E-state index in [0.717, 1.165) is 4.88 Å². The fourth-order valence-corrected chi connectivity index (χ4v) is 2.55. The van der Waals surface area contributed by atoms with E-state index in [9.17, 15) is 9.59 Å². The van der Waals surface area contributed by atoms with Crippen molar-refractivity contribution in [2.75, 3.05) is 6.54 Å². The summed E-state index contributed by atoms with van der Waals surface area (Å²) in [4.78, 5) is 26.9. The first-order chi connectivity index (χ1) is 9.61. The number of thiophene rings is 1. The first-order valence-electron chi connectivity index (χ1n) is 6.21. The van der Waals surface area contributed by atoms with Crippen LogP contribution in [-0.2, 0) is 13.6 Å². The number of carbonyl (C=O) groups is 1. The monoisotopic (exact) mass is 288 g/mol. The van der Waals surface area contributed by atoms with Crippen LogP contribution in [0.5, 0.6) is 0 Å². The maximum absolute atomic E-state index is 12.5. The predicted molar refractivity (Wildman–Crippen MR) is 80.9 cm³/mol. The number of hydrogen-bond donors (Lipinski definition) is 0. The number of amides is 1. The van der Waals surface area contributed by atoms with Gasteiger partial charge in [-0.3, -0.25) is 9.59 Å². The molecule has 0 aromatic carbocycles. The Hall–Kier alpha value is -2.14. The maximum Gasteiger partial charge on any atom is 0.254 e. The summed E-state index contributed by atoms with van der Waals surface area (Å²) in [5, 5.41) is 1.98. The molecule has 20 heavy (non-hydrogen) atoms. The minimum atomic E-state index is -0.189. The summed E-state index contributed by atoms with van der Waals surface area (Å²) >= 11 is 1.60. The highest BCUT2D eigenvalue weighted by Crippen LogP contribution is 2.14. The quantitative estimate of drug-likeness (QED) is 0.792. The van der Waals surface area contributed by atoms with Crippen LogP contribution in [0, 0.1) is 0 Å². The van der Waals surface area contributed by atoms with E-state index in [2.05, 4.69) is 6.58 Å². The molecule has 4 nitrogen and oxygen atoms in total. The van der Waals surface area contributed by atoms with Crippen LogP contribution in [0.25, 0.3) is 0 Å². The van der Waals surface area contributed by atoms with Gasteiger partial charge in [-0.05, 0) is 17.5 Å². The van der Waals surface area contributed by atoms with Gasteiger partial charge in [0.25, 0.3) is 11.5 Å². The summed E-state index contributed by atoms with van der Waals surface area (Å²) in [5.41, 5.74) is 0.219. The van der Waals surface area contributed by atoms with Crippen molar-refractivity contribution in [3.05, 3.63) is 69.3 Å². The number of rotatable bonds is 5. The Morgan fingerprint density at radius 1 is 1.50 bits per heavy atom. The van der Waals surface area contributed by atoms with Crippen molar-refractivity contribution in [2.45, 2.75) is 6.54 Å². The zero-order valence-corrected chi connectivity index (χ0v) is 12.1. The van der Waals surface area contributed by atoms with Gasteiger partial charge in [0.2, 0.25) is 0 Å². The molecule has 0 aliphatic rings.